The third-order valence-electron chi connectivity index (χ3n) is 7.69. The molecule has 0 saturated heterocycles. The molecule has 0 saturated carbocycles. The molecule has 0 radical (unpaired) electrons. The molecule has 2 aliphatic carbocycles. The number of hydrogen-bond donors (Lipinski definition) is 4. The third kappa shape index (κ3) is 7.14. The second-order valence-electron chi connectivity index (χ2n) is 10.5. The number of nitrogens with one attached hydrogen (secondary N) is 4. The summed E-state index contributed by atoms with van der Waals surface area (Å²) in [5, 5.41) is 12.1. The van der Waals surface area contributed by atoms with Gasteiger partial charge in [-0.25, -0.2) is 0 Å². The van der Waals surface area contributed by atoms with Crippen molar-refractivity contribution >= 4 is 53.8 Å². The zero-order valence-electron chi connectivity index (χ0n) is 24.2. The number of thiocarbonyl (C=S) groups is 2. The monoisotopic (exact) mass is 664 g/mol. The summed E-state index contributed by atoms with van der Waals surface area (Å²) >= 11 is 5.80. The van der Waals surface area contributed by atoms with Gasteiger partial charge in [-0.2, -0.15) is 0 Å². The summed E-state index contributed by atoms with van der Waals surface area (Å²) in [7, 11) is 0. The van der Waals surface area contributed by atoms with E-state index >= 15 is 17.6 Å². The van der Waals surface area contributed by atoms with Gasteiger partial charge >= 0.3 is 266 Å². The van der Waals surface area contributed by atoms with Gasteiger partial charge < -0.3 is 0 Å². The van der Waals surface area contributed by atoms with Gasteiger partial charge in [-0.05, 0) is 0 Å². The minimum atomic E-state index is -4.92. The molecule has 0 unspecified atom stereocenters. The van der Waals surface area contributed by atoms with Gasteiger partial charge in [0.25, 0.3) is 0 Å². The predicted octanol–water partition coefficient (Wildman–Crippen LogP) is 7.35. The molecule has 0 spiro atoms. The molecule has 0 atom stereocenters. The first-order valence-corrected chi connectivity index (χ1v) is 18.7. The molecule has 0 aliphatic heterocycles. The van der Waals surface area contributed by atoms with Crippen LogP contribution in [0.25, 0.3) is 0 Å². The van der Waals surface area contributed by atoms with Gasteiger partial charge in [-0.3, -0.25) is 0 Å². The summed E-state index contributed by atoms with van der Waals surface area (Å²) in [5.74, 6) is -3.53. The molecule has 0 heterocycles. The Kier molecular flexibility index (Phi) is 11.8. The molecule has 2 aromatic rings. The van der Waals surface area contributed by atoms with Gasteiger partial charge in [0, 0.05) is 0 Å². The van der Waals surface area contributed by atoms with Crippen LogP contribution in [0, 0.1) is 23.3 Å². The third-order valence-corrected chi connectivity index (χ3v) is 16.7. The maximum atomic E-state index is 16.8. The van der Waals surface area contributed by atoms with E-state index in [-0.39, 0.29) is 29.3 Å². The Balaban J connectivity index is 1.93. The molecule has 2 aromatic carbocycles. The van der Waals surface area contributed by atoms with Crippen LogP contribution in [0.3, 0.4) is 0 Å². The van der Waals surface area contributed by atoms with Crippen molar-refractivity contribution in [2.45, 2.75) is 48.0 Å². The van der Waals surface area contributed by atoms with E-state index in [9.17, 15) is 0 Å². The van der Waals surface area contributed by atoms with Crippen molar-refractivity contribution in [3.8, 4) is 0 Å². The Hall–Kier alpha value is -2.79. The van der Waals surface area contributed by atoms with Gasteiger partial charge in [0.15, 0.2) is 0 Å². The van der Waals surface area contributed by atoms with E-state index in [0.29, 0.717) is 13.1 Å². The SMILES string of the molecule is CCCCNC(=S)Nc1ccc(F)[c]([Ti]([c]2c(F)ccc(NC(=S)NCCCC)c2F)([CH]2C=CC=C2)[CH]2C=CC=C2)c1F. The average molecular weight is 665 g/mol. The van der Waals surface area contributed by atoms with Crippen molar-refractivity contribution < 1.29 is 34.2 Å². The van der Waals surface area contributed by atoms with Crippen LogP contribution in [0.4, 0.5) is 28.9 Å². The Labute approximate surface area is 265 Å². The van der Waals surface area contributed by atoms with Crippen molar-refractivity contribution in [2.24, 2.45) is 0 Å². The average Bonchev–Trinajstić information content (AvgIpc) is 3.71. The number of halogens is 4. The fourth-order valence-corrected chi connectivity index (χ4v) is 14.9. The quantitative estimate of drug-likeness (QED) is 0.0825. The second kappa shape index (κ2) is 15.3. The molecule has 4 rings (SSSR count). The molecule has 11 heteroatoms. The zero-order chi connectivity index (χ0) is 31.0. The van der Waals surface area contributed by atoms with Gasteiger partial charge in [0.05, 0.1) is 0 Å². The molecule has 228 valence electrons. The van der Waals surface area contributed by atoms with Crippen molar-refractivity contribution in [2.75, 3.05) is 23.7 Å². The Bertz CT molecular complexity index is 1340. The molecule has 0 amide bonds. The van der Waals surface area contributed by atoms with Crippen molar-refractivity contribution in [1.82, 2.24) is 10.6 Å². The number of anilines is 2. The first kappa shape index (κ1) is 33.1. The number of hydrogen-bond acceptors (Lipinski definition) is 2. The van der Waals surface area contributed by atoms with E-state index in [4.69, 9.17) is 24.4 Å². The van der Waals surface area contributed by atoms with Crippen molar-refractivity contribution in [3.63, 3.8) is 0 Å². The van der Waals surface area contributed by atoms with E-state index in [1.54, 1.807) is 48.6 Å². The minimum absolute atomic E-state index is 0.0614. The summed E-state index contributed by atoms with van der Waals surface area (Å²) in [6.45, 7) is 5.24. The molecular formula is C32H36F4N4S2Ti. The molecule has 0 bridgehead atoms. The number of benzene rings is 2. The van der Waals surface area contributed by atoms with Crippen LogP contribution in [0.15, 0.2) is 72.9 Å². The van der Waals surface area contributed by atoms with Crippen molar-refractivity contribution in [1.29, 1.82) is 0 Å². The van der Waals surface area contributed by atoms with Crippen LogP contribution < -0.4 is 29.0 Å². The summed E-state index contributed by atoms with van der Waals surface area (Å²) in [6.07, 6.45) is 17.7. The first-order chi connectivity index (χ1) is 20.7. The second-order valence-corrected chi connectivity index (χ2v) is 17.7. The zero-order valence-corrected chi connectivity index (χ0v) is 27.3. The van der Waals surface area contributed by atoms with E-state index in [0.717, 1.165) is 37.8 Å². The molecular weight excluding hydrogens is 628 g/mol. The van der Waals surface area contributed by atoms with Crippen LogP contribution in [0.1, 0.15) is 39.5 Å². The Morgan fingerprint density at radius 1 is 0.651 bits per heavy atom. The van der Waals surface area contributed by atoms with Gasteiger partial charge in [-0.1, -0.05) is 0 Å². The van der Waals surface area contributed by atoms with Crippen LogP contribution in [-0.4, -0.2) is 23.3 Å². The molecule has 0 fully saturated rings. The van der Waals surface area contributed by atoms with Gasteiger partial charge in [0.1, 0.15) is 0 Å². The molecule has 2 aliphatic rings. The van der Waals surface area contributed by atoms with E-state index in [1.165, 1.54) is 12.1 Å². The number of allylic oxidation sites excluding steroid dienone is 8. The van der Waals surface area contributed by atoms with Crippen LogP contribution >= 0.6 is 24.4 Å². The molecule has 4 nitrogen and oxygen atoms in total. The van der Waals surface area contributed by atoms with Gasteiger partial charge in [-0.15, -0.1) is 0 Å². The Morgan fingerprint density at radius 2 is 1.02 bits per heavy atom. The Morgan fingerprint density at radius 3 is 1.37 bits per heavy atom. The molecule has 43 heavy (non-hydrogen) atoms. The standard InChI is InChI=1S/2C11H13F2N2S.2C5H5.Ti/c2*1-2-3-6-14-11(16)15-10-5-4-8(12)7-9(10)13;2*1-2-4-5-3-1;/h2*4-5H,2-3,6H2,1H3,(H2,14,15,16);2*1-5H;. The number of rotatable bonds is 12. The van der Waals surface area contributed by atoms with Crippen LogP contribution in [0.5, 0.6) is 0 Å². The molecule has 0 aromatic heterocycles. The topological polar surface area (TPSA) is 48.1 Å². The van der Waals surface area contributed by atoms with E-state index in [2.05, 4.69) is 21.3 Å². The van der Waals surface area contributed by atoms with E-state index in [1.807, 2.05) is 13.8 Å². The summed E-state index contributed by atoms with van der Waals surface area (Å²) < 4.78 is 64.1. The molecule has 4 N–H and O–H groups in total. The fraction of sp³-hybridized carbons (Fsp3) is 0.312. The van der Waals surface area contributed by atoms with E-state index < -0.39 is 48.3 Å². The predicted molar refractivity (Wildman–Crippen MR) is 174 cm³/mol. The summed E-state index contributed by atoms with van der Waals surface area (Å²) in [6, 6.07) is 4.82. The first-order valence-electron chi connectivity index (χ1n) is 14.5. The normalized spacial score (nSPS) is 14.5. The maximum absolute atomic E-state index is 16.8. The van der Waals surface area contributed by atoms with Crippen molar-refractivity contribution in [3.05, 3.63) is 96.1 Å². The van der Waals surface area contributed by atoms with Crippen LogP contribution in [-0.2, 0) is 16.6 Å². The number of unbranched alkanes of at least 4 members (excludes halogenated alkanes) is 2. The summed E-state index contributed by atoms with van der Waals surface area (Å²) in [4.78, 5) is 0. The summed E-state index contributed by atoms with van der Waals surface area (Å²) in [5.41, 5.74) is -0.123. The van der Waals surface area contributed by atoms with Gasteiger partial charge in [0.2, 0.25) is 0 Å². The van der Waals surface area contributed by atoms with Crippen LogP contribution in [0.2, 0.25) is 8.45 Å². The fourth-order valence-electron chi connectivity index (χ4n) is 5.63.